The first-order valence-electron chi connectivity index (χ1n) is 4.77. The standard InChI is InChI=1S/C11H9Cl2FN2S/c12-7-3-4-17-11(7)10(16-15)6-1-2-9(14)8(13)5-6/h1-5,10,16H,15H2. The van der Waals surface area contributed by atoms with E-state index in [4.69, 9.17) is 29.0 Å². The van der Waals surface area contributed by atoms with Gasteiger partial charge in [0.05, 0.1) is 16.1 Å². The third-order valence-electron chi connectivity index (χ3n) is 2.35. The van der Waals surface area contributed by atoms with Gasteiger partial charge < -0.3 is 0 Å². The molecule has 1 aromatic carbocycles. The molecule has 1 aromatic heterocycles. The molecular formula is C11H9Cl2FN2S. The van der Waals surface area contributed by atoms with Gasteiger partial charge in [0, 0.05) is 4.88 Å². The van der Waals surface area contributed by atoms with E-state index < -0.39 is 5.82 Å². The zero-order valence-corrected chi connectivity index (χ0v) is 10.9. The molecule has 0 fully saturated rings. The molecule has 0 saturated carbocycles. The van der Waals surface area contributed by atoms with Crippen molar-refractivity contribution in [3.8, 4) is 0 Å². The third-order valence-corrected chi connectivity index (χ3v) is 4.06. The SMILES string of the molecule is NNC(c1ccc(F)c(Cl)c1)c1sccc1Cl. The van der Waals surface area contributed by atoms with E-state index in [1.54, 1.807) is 12.1 Å². The molecular weight excluding hydrogens is 282 g/mol. The smallest absolute Gasteiger partial charge is 0.141 e. The first-order valence-corrected chi connectivity index (χ1v) is 6.41. The Balaban J connectivity index is 2.42. The van der Waals surface area contributed by atoms with Crippen LogP contribution in [-0.2, 0) is 0 Å². The Bertz CT molecular complexity index is 530. The molecule has 0 bridgehead atoms. The van der Waals surface area contributed by atoms with Crippen LogP contribution < -0.4 is 11.3 Å². The minimum absolute atomic E-state index is 0.0652. The fourth-order valence-electron chi connectivity index (χ4n) is 1.53. The Morgan fingerprint density at radius 3 is 2.53 bits per heavy atom. The zero-order valence-electron chi connectivity index (χ0n) is 8.58. The lowest BCUT2D eigenvalue weighted by molar-refractivity contribution is 0.619. The second-order valence-electron chi connectivity index (χ2n) is 3.41. The largest absolute Gasteiger partial charge is 0.271 e. The maximum atomic E-state index is 13.1. The number of hydrazine groups is 1. The van der Waals surface area contributed by atoms with Crippen molar-refractivity contribution in [2.24, 2.45) is 5.84 Å². The van der Waals surface area contributed by atoms with Crippen LogP contribution in [0.3, 0.4) is 0 Å². The van der Waals surface area contributed by atoms with Crippen LogP contribution in [0.5, 0.6) is 0 Å². The topological polar surface area (TPSA) is 38.0 Å². The maximum absolute atomic E-state index is 13.1. The highest BCUT2D eigenvalue weighted by Crippen LogP contribution is 2.33. The number of hydrogen-bond donors (Lipinski definition) is 2. The summed E-state index contributed by atoms with van der Waals surface area (Å²) in [5.41, 5.74) is 3.42. The molecule has 2 aromatic rings. The summed E-state index contributed by atoms with van der Waals surface area (Å²) in [6.45, 7) is 0. The molecule has 1 heterocycles. The summed E-state index contributed by atoms with van der Waals surface area (Å²) in [7, 11) is 0. The van der Waals surface area contributed by atoms with E-state index in [9.17, 15) is 4.39 Å². The van der Waals surface area contributed by atoms with Crippen LogP contribution in [0.2, 0.25) is 10.0 Å². The van der Waals surface area contributed by atoms with E-state index in [1.165, 1.54) is 23.5 Å². The Hall–Kier alpha value is -0.650. The fraction of sp³-hybridized carbons (Fsp3) is 0.0909. The van der Waals surface area contributed by atoms with Crippen molar-refractivity contribution in [2.75, 3.05) is 0 Å². The predicted octanol–water partition coefficient (Wildman–Crippen LogP) is 3.75. The lowest BCUT2D eigenvalue weighted by atomic mass is 10.1. The van der Waals surface area contributed by atoms with Gasteiger partial charge in [-0.3, -0.25) is 5.84 Å². The summed E-state index contributed by atoms with van der Waals surface area (Å²) in [6.07, 6.45) is 0. The number of benzene rings is 1. The van der Waals surface area contributed by atoms with E-state index in [1.807, 2.05) is 5.38 Å². The van der Waals surface area contributed by atoms with E-state index in [-0.39, 0.29) is 11.1 Å². The molecule has 0 aliphatic rings. The summed E-state index contributed by atoms with van der Waals surface area (Å²) >= 11 is 13.3. The second-order valence-corrected chi connectivity index (χ2v) is 5.17. The van der Waals surface area contributed by atoms with Gasteiger partial charge in [-0.25, -0.2) is 9.82 Å². The lowest BCUT2D eigenvalue weighted by Crippen LogP contribution is -2.28. The number of hydrogen-bond acceptors (Lipinski definition) is 3. The van der Waals surface area contributed by atoms with Gasteiger partial charge in [-0.15, -0.1) is 11.3 Å². The van der Waals surface area contributed by atoms with Gasteiger partial charge in [0.15, 0.2) is 0 Å². The highest BCUT2D eigenvalue weighted by molar-refractivity contribution is 7.10. The average molecular weight is 291 g/mol. The number of thiophene rings is 1. The molecule has 1 atom stereocenters. The summed E-state index contributed by atoms with van der Waals surface area (Å²) in [5, 5.41) is 2.56. The van der Waals surface area contributed by atoms with E-state index in [0.717, 1.165) is 10.4 Å². The minimum Gasteiger partial charge on any atom is -0.271 e. The van der Waals surface area contributed by atoms with Gasteiger partial charge in [0.1, 0.15) is 5.82 Å². The molecule has 1 unspecified atom stereocenters. The van der Waals surface area contributed by atoms with Gasteiger partial charge in [0.2, 0.25) is 0 Å². The molecule has 2 rings (SSSR count). The van der Waals surface area contributed by atoms with E-state index >= 15 is 0 Å². The molecule has 0 amide bonds. The van der Waals surface area contributed by atoms with Gasteiger partial charge in [-0.1, -0.05) is 29.3 Å². The molecule has 0 saturated heterocycles. The first-order chi connectivity index (χ1) is 8.13. The van der Waals surface area contributed by atoms with Crippen LogP contribution in [0.4, 0.5) is 4.39 Å². The van der Waals surface area contributed by atoms with Crippen molar-refractivity contribution in [1.82, 2.24) is 5.43 Å². The number of halogens is 3. The average Bonchev–Trinajstić information content (AvgIpc) is 2.71. The summed E-state index contributed by atoms with van der Waals surface area (Å²) in [6, 6.07) is 5.97. The highest BCUT2D eigenvalue weighted by Gasteiger charge is 2.18. The van der Waals surface area contributed by atoms with E-state index in [2.05, 4.69) is 5.43 Å². The first kappa shape index (κ1) is 12.8. The molecule has 17 heavy (non-hydrogen) atoms. The van der Waals surface area contributed by atoms with Gasteiger partial charge in [-0.05, 0) is 29.1 Å². The Morgan fingerprint density at radius 1 is 1.24 bits per heavy atom. The Labute approximate surface area is 112 Å². The molecule has 0 radical (unpaired) electrons. The van der Waals surface area contributed by atoms with Crippen LogP contribution in [0.1, 0.15) is 16.5 Å². The van der Waals surface area contributed by atoms with Crippen molar-refractivity contribution >= 4 is 34.5 Å². The molecule has 3 N–H and O–H groups in total. The normalized spacial score (nSPS) is 12.7. The summed E-state index contributed by atoms with van der Waals surface area (Å²) < 4.78 is 13.1. The molecule has 6 heteroatoms. The van der Waals surface area contributed by atoms with Crippen molar-refractivity contribution in [1.29, 1.82) is 0 Å². The van der Waals surface area contributed by atoms with Crippen molar-refractivity contribution in [3.05, 3.63) is 55.9 Å². The highest BCUT2D eigenvalue weighted by atomic mass is 35.5. The van der Waals surface area contributed by atoms with Crippen molar-refractivity contribution in [2.45, 2.75) is 6.04 Å². The molecule has 90 valence electrons. The number of nitrogens with one attached hydrogen (secondary N) is 1. The van der Waals surface area contributed by atoms with E-state index in [0.29, 0.717) is 5.02 Å². The van der Waals surface area contributed by atoms with Crippen LogP contribution >= 0.6 is 34.5 Å². The quantitative estimate of drug-likeness (QED) is 0.667. The molecule has 0 aliphatic carbocycles. The molecule has 2 nitrogen and oxygen atoms in total. The van der Waals surface area contributed by atoms with Crippen molar-refractivity contribution < 1.29 is 4.39 Å². The van der Waals surface area contributed by atoms with Crippen molar-refractivity contribution in [3.63, 3.8) is 0 Å². The number of rotatable bonds is 3. The predicted molar refractivity (Wildman–Crippen MR) is 69.9 cm³/mol. The lowest BCUT2D eigenvalue weighted by Gasteiger charge is -2.15. The van der Waals surface area contributed by atoms with Gasteiger partial charge >= 0.3 is 0 Å². The Morgan fingerprint density at radius 2 is 2.00 bits per heavy atom. The second kappa shape index (κ2) is 5.33. The molecule has 0 aliphatic heterocycles. The number of nitrogens with two attached hydrogens (primary N) is 1. The maximum Gasteiger partial charge on any atom is 0.141 e. The Kier molecular flexibility index (Phi) is 4.01. The fourth-order valence-corrected chi connectivity index (χ4v) is 2.97. The third kappa shape index (κ3) is 2.61. The van der Waals surface area contributed by atoms with Crippen LogP contribution in [0.15, 0.2) is 29.6 Å². The monoisotopic (exact) mass is 290 g/mol. The van der Waals surface area contributed by atoms with Gasteiger partial charge in [0.25, 0.3) is 0 Å². The van der Waals surface area contributed by atoms with Crippen LogP contribution in [0.25, 0.3) is 0 Å². The van der Waals surface area contributed by atoms with Crippen LogP contribution in [-0.4, -0.2) is 0 Å². The van der Waals surface area contributed by atoms with Crippen LogP contribution in [0, 0.1) is 5.82 Å². The summed E-state index contributed by atoms with van der Waals surface area (Å²) in [4.78, 5) is 0.872. The minimum atomic E-state index is -0.455. The summed E-state index contributed by atoms with van der Waals surface area (Å²) in [5.74, 6) is 5.06. The van der Waals surface area contributed by atoms with Gasteiger partial charge in [-0.2, -0.15) is 0 Å². The molecule has 0 spiro atoms. The zero-order chi connectivity index (χ0) is 12.4.